The average Bonchev–Trinajstić information content (AvgIpc) is 3.11. The van der Waals surface area contributed by atoms with Crippen LogP contribution in [0.1, 0.15) is 16.7 Å². The average molecular weight is 400 g/mol. The smallest absolute Gasteiger partial charge is 0.273 e. The molecule has 4 rings (SSSR count). The summed E-state index contributed by atoms with van der Waals surface area (Å²) in [5.74, 6) is 0.444. The summed E-state index contributed by atoms with van der Waals surface area (Å²) in [5.41, 5.74) is 6.13. The monoisotopic (exact) mass is 400 g/mol. The van der Waals surface area contributed by atoms with Gasteiger partial charge < -0.3 is 10.3 Å². The number of hydrogen-bond acceptors (Lipinski definition) is 4. The lowest BCUT2D eigenvalue weighted by Crippen LogP contribution is -2.15. The van der Waals surface area contributed by atoms with Crippen molar-refractivity contribution in [2.24, 2.45) is 0 Å². The third-order valence-electron chi connectivity index (χ3n) is 5.08. The number of nitro groups is 1. The second-order valence-corrected chi connectivity index (χ2v) is 7.23. The van der Waals surface area contributed by atoms with Crippen molar-refractivity contribution in [2.45, 2.75) is 20.3 Å². The first-order chi connectivity index (χ1) is 14.4. The van der Waals surface area contributed by atoms with Crippen molar-refractivity contribution >= 4 is 28.3 Å². The Balaban J connectivity index is 1.49. The van der Waals surface area contributed by atoms with Gasteiger partial charge in [0.2, 0.25) is 5.91 Å². The van der Waals surface area contributed by atoms with Crippen LogP contribution >= 0.6 is 0 Å². The molecule has 1 heterocycles. The number of carbonyl (C=O) groups is 1. The quantitative estimate of drug-likeness (QED) is 0.366. The Bertz CT molecular complexity index is 1220. The fraction of sp³-hybridized carbons (Fsp3) is 0.130. The first-order valence-corrected chi connectivity index (χ1v) is 9.50. The predicted octanol–water partition coefficient (Wildman–Crippen LogP) is 4.94. The molecule has 0 saturated heterocycles. The van der Waals surface area contributed by atoms with E-state index in [1.54, 1.807) is 30.3 Å². The Morgan fingerprint density at radius 2 is 1.77 bits per heavy atom. The molecule has 0 fully saturated rings. The molecule has 0 aliphatic rings. The molecule has 2 N–H and O–H groups in total. The number of anilines is 1. The Hall–Kier alpha value is -4.00. The molecular formula is C23H20N4O3. The number of hydrogen-bond donors (Lipinski definition) is 2. The molecule has 3 aromatic carbocycles. The van der Waals surface area contributed by atoms with Crippen molar-refractivity contribution in [3.05, 3.63) is 87.5 Å². The van der Waals surface area contributed by atoms with Gasteiger partial charge in [0.15, 0.2) is 0 Å². The van der Waals surface area contributed by atoms with E-state index in [1.807, 2.05) is 12.1 Å². The largest absolute Gasteiger partial charge is 0.338 e. The van der Waals surface area contributed by atoms with Crippen LogP contribution < -0.4 is 5.32 Å². The molecule has 7 nitrogen and oxygen atoms in total. The molecule has 7 heteroatoms. The number of para-hydroxylation sites is 1. The summed E-state index contributed by atoms with van der Waals surface area (Å²) in [6.45, 7) is 4.13. The number of nitrogens with zero attached hydrogens (tertiary/aromatic N) is 2. The number of H-pyrrole nitrogens is 1. The lowest BCUT2D eigenvalue weighted by molar-refractivity contribution is -0.385. The number of nitrogens with one attached hydrogen (secondary N) is 2. The van der Waals surface area contributed by atoms with Gasteiger partial charge >= 0.3 is 0 Å². The zero-order valence-corrected chi connectivity index (χ0v) is 16.6. The lowest BCUT2D eigenvalue weighted by atomic mass is 10.1. The number of fused-ring (bicyclic) bond motifs is 1. The van der Waals surface area contributed by atoms with Crippen LogP contribution in [0.2, 0.25) is 0 Å². The highest BCUT2D eigenvalue weighted by atomic mass is 16.6. The number of amides is 1. The number of aryl methyl sites for hydroxylation is 2. The SMILES string of the molecule is Cc1cc2nc(-c3ccc(NC(=O)Cc4ccccc4[N+](=O)[O-])cc3)[nH]c2cc1C. The van der Waals surface area contributed by atoms with Crippen molar-refractivity contribution < 1.29 is 9.72 Å². The van der Waals surface area contributed by atoms with Crippen LogP contribution in [0.3, 0.4) is 0 Å². The molecule has 1 amide bonds. The minimum Gasteiger partial charge on any atom is -0.338 e. The van der Waals surface area contributed by atoms with Crippen LogP contribution in [0.5, 0.6) is 0 Å². The lowest BCUT2D eigenvalue weighted by Gasteiger charge is -2.06. The number of imidazole rings is 1. The fourth-order valence-corrected chi connectivity index (χ4v) is 3.33. The van der Waals surface area contributed by atoms with Gasteiger partial charge in [-0.15, -0.1) is 0 Å². The molecule has 0 radical (unpaired) electrons. The molecule has 150 valence electrons. The minimum absolute atomic E-state index is 0.0571. The Labute approximate surface area is 172 Å². The van der Waals surface area contributed by atoms with Gasteiger partial charge in [-0.3, -0.25) is 14.9 Å². The van der Waals surface area contributed by atoms with Gasteiger partial charge in [0.1, 0.15) is 5.82 Å². The van der Waals surface area contributed by atoms with Gasteiger partial charge in [-0.25, -0.2) is 4.98 Å². The van der Waals surface area contributed by atoms with Gasteiger partial charge in [-0.1, -0.05) is 18.2 Å². The molecule has 0 spiro atoms. The molecule has 0 aliphatic heterocycles. The van der Waals surface area contributed by atoms with Crippen molar-refractivity contribution in [2.75, 3.05) is 5.32 Å². The Kier molecular flexibility index (Phi) is 5.02. The number of rotatable bonds is 5. The van der Waals surface area contributed by atoms with E-state index in [1.165, 1.54) is 17.2 Å². The summed E-state index contributed by atoms with van der Waals surface area (Å²) in [7, 11) is 0. The van der Waals surface area contributed by atoms with E-state index in [4.69, 9.17) is 0 Å². The van der Waals surface area contributed by atoms with Crippen LogP contribution in [0.4, 0.5) is 11.4 Å². The van der Waals surface area contributed by atoms with E-state index in [0.29, 0.717) is 11.3 Å². The summed E-state index contributed by atoms with van der Waals surface area (Å²) >= 11 is 0. The topological polar surface area (TPSA) is 101 Å². The summed E-state index contributed by atoms with van der Waals surface area (Å²) in [4.78, 5) is 30.9. The molecule has 0 bridgehead atoms. The van der Waals surface area contributed by atoms with Crippen LogP contribution in [0.25, 0.3) is 22.4 Å². The summed E-state index contributed by atoms with van der Waals surface area (Å²) < 4.78 is 0. The number of benzene rings is 3. The van der Waals surface area contributed by atoms with Gasteiger partial charge in [-0.2, -0.15) is 0 Å². The van der Waals surface area contributed by atoms with E-state index in [-0.39, 0.29) is 18.0 Å². The zero-order chi connectivity index (χ0) is 21.3. The van der Waals surface area contributed by atoms with E-state index in [2.05, 4.69) is 41.3 Å². The third kappa shape index (κ3) is 3.91. The van der Waals surface area contributed by atoms with E-state index in [0.717, 1.165) is 22.4 Å². The maximum absolute atomic E-state index is 12.3. The molecule has 30 heavy (non-hydrogen) atoms. The number of aromatic nitrogens is 2. The third-order valence-corrected chi connectivity index (χ3v) is 5.08. The normalized spacial score (nSPS) is 10.9. The molecule has 0 atom stereocenters. The van der Waals surface area contributed by atoms with E-state index < -0.39 is 4.92 Å². The molecular weight excluding hydrogens is 380 g/mol. The minimum atomic E-state index is -0.478. The summed E-state index contributed by atoms with van der Waals surface area (Å²) in [6.07, 6.45) is -0.0683. The van der Waals surface area contributed by atoms with Crippen molar-refractivity contribution in [1.82, 2.24) is 9.97 Å². The number of nitro benzene ring substituents is 1. The van der Waals surface area contributed by atoms with Gasteiger partial charge in [0.05, 0.1) is 22.4 Å². The predicted molar refractivity (Wildman–Crippen MR) is 116 cm³/mol. The molecule has 0 aliphatic carbocycles. The molecule has 0 unspecified atom stereocenters. The van der Waals surface area contributed by atoms with Crippen molar-refractivity contribution in [1.29, 1.82) is 0 Å². The highest BCUT2D eigenvalue weighted by molar-refractivity contribution is 5.93. The van der Waals surface area contributed by atoms with Crippen molar-refractivity contribution in [3.8, 4) is 11.4 Å². The standard InChI is InChI=1S/C23H20N4O3/c1-14-11-19-20(12-15(14)2)26-23(25-19)16-7-9-18(10-8-16)24-22(28)13-17-5-3-4-6-21(17)27(29)30/h3-12H,13H2,1-2H3,(H,24,28)(H,25,26). The van der Waals surface area contributed by atoms with E-state index in [9.17, 15) is 14.9 Å². The summed E-state index contributed by atoms with van der Waals surface area (Å²) in [6, 6.07) is 17.7. The van der Waals surface area contributed by atoms with Gasteiger partial charge in [0, 0.05) is 22.9 Å². The number of carbonyl (C=O) groups excluding carboxylic acids is 1. The van der Waals surface area contributed by atoms with E-state index >= 15 is 0 Å². The van der Waals surface area contributed by atoms with Crippen LogP contribution in [0.15, 0.2) is 60.7 Å². The second kappa shape index (κ2) is 7.79. The first-order valence-electron chi connectivity index (χ1n) is 9.50. The maximum atomic E-state index is 12.3. The first kappa shape index (κ1) is 19.3. The summed E-state index contributed by atoms with van der Waals surface area (Å²) in [5, 5.41) is 13.9. The fourth-order valence-electron chi connectivity index (χ4n) is 3.33. The van der Waals surface area contributed by atoms with Crippen LogP contribution in [-0.2, 0) is 11.2 Å². The van der Waals surface area contributed by atoms with Gasteiger partial charge in [-0.05, 0) is 61.4 Å². The Morgan fingerprint density at radius 1 is 1.07 bits per heavy atom. The molecule has 0 saturated carbocycles. The van der Waals surface area contributed by atoms with Crippen LogP contribution in [0, 0.1) is 24.0 Å². The highest BCUT2D eigenvalue weighted by Crippen LogP contribution is 2.24. The molecule has 1 aromatic heterocycles. The second-order valence-electron chi connectivity index (χ2n) is 7.23. The highest BCUT2D eigenvalue weighted by Gasteiger charge is 2.15. The molecule has 4 aromatic rings. The zero-order valence-electron chi connectivity index (χ0n) is 16.6. The van der Waals surface area contributed by atoms with Gasteiger partial charge in [0.25, 0.3) is 5.69 Å². The number of aromatic amines is 1. The van der Waals surface area contributed by atoms with Crippen molar-refractivity contribution in [3.63, 3.8) is 0 Å². The maximum Gasteiger partial charge on any atom is 0.273 e. The van der Waals surface area contributed by atoms with Crippen LogP contribution in [-0.4, -0.2) is 20.8 Å². The Morgan fingerprint density at radius 3 is 2.50 bits per heavy atom.